The van der Waals surface area contributed by atoms with Gasteiger partial charge in [-0.15, -0.1) is 0 Å². The number of hydrogen-bond donors (Lipinski definition) is 1. The first-order valence-electron chi connectivity index (χ1n) is 8.53. The van der Waals surface area contributed by atoms with E-state index < -0.39 is 0 Å². The van der Waals surface area contributed by atoms with Gasteiger partial charge in [0, 0.05) is 17.6 Å². The number of carbonyl (C=O) groups is 2. The Morgan fingerprint density at radius 1 is 1.04 bits per heavy atom. The van der Waals surface area contributed by atoms with Crippen molar-refractivity contribution in [3.63, 3.8) is 0 Å². The molecule has 26 heavy (non-hydrogen) atoms. The molecule has 0 aliphatic heterocycles. The van der Waals surface area contributed by atoms with E-state index in [1.165, 1.54) is 26.2 Å². The smallest absolute Gasteiger partial charge is 0.240 e. The van der Waals surface area contributed by atoms with Crippen LogP contribution in [0.25, 0.3) is 0 Å². The second-order valence-electron chi connectivity index (χ2n) is 6.88. The van der Waals surface area contributed by atoms with Gasteiger partial charge < -0.3 is 24.4 Å². The zero-order chi connectivity index (χ0) is 19.9. The Kier molecular flexibility index (Phi) is 7.74. The van der Waals surface area contributed by atoms with Crippen LogP contribution >= 0.6 is 0 Å². The van der Waals surface area contributed by atoms with Crippen molar-refractivity contribution < 1.29 is 23.8 Å². The van der Waals surface area contributed by atoms with Gasteiger partial charge in [-0.05, 0) is 33.8 Å². The Hall–Kier alpha value is -2.44. The topological polar surface area (TPSA) is 77.1 Å². The van der Waals surface area contributed by atoms with Crippen LogP contribution in [0.1, 0.15) is 33.3 Å². The van der Waals surface area contributed by atoms with Crippen molar-refractivity contribution in [2.24, 2.45) is 0 Å². The molecule has 0 fully saturated rings. The molecule has 0 saturated carbocycles. The second kappa shape index (κ2) is 9.31. The lowest BCUT2D eigenvalue weighted by molar-refractivity contribution is -0.135. The molecule has 0 unspecified atom stereocenters. The largest absolute Gasteiger partial charge is 0.493 e. The van der Waals surface area contributed by atoms with Gasteiger partial charge in [-0.2, -0.15) is 0 Å². The van der Waals surface area contributed by atoms with Crippen LogP contribution < -0.4 is 19.5 Å². The minimum absolute atomic E-state index is 0.0161. The Balaban J connectivity index is 2.96. The molecule has 7 heteroatoms. The highest BCUT2D eigenvalue weighted by atomic mass is 16.5. The highest BCUT2D eigenvalue weighted by molar-refractivity contribution is 5.86. The maximum atomic E-state index is 12.7. The Morgan fingerprint density at radius 3 is 2.12 bits per heavy atom. The molecule has 0 bridgehead atoms. The lowest BCUT2D eigenvalue weighted by atomic mass is 10.1. The minimum atomic E-state index is -0.341. The predicted molar refractivity (Wildman–Crippen MR) is 100.0 cm³/mol. The van der Waals surface area contributed by atoms with E-state index in [1.54, 1.807) is 12.1 Å². The fourth-order valence-corrected chi connectivity index (χ4v) is 2.58. The van der Waals surface area contributed by atoms with E-state index in [0.717, 1.165) is 0 Å². The fourth-order valence-electron chi connectivity index (χ4n) is 2.58. The van der Waals surface area contributed by atoms with E-state index >= 15 is 0 Å². The van der Waals surface area contributed by atoms with E-state index in [4.69, 9.17) is 14.2 Å². The molecule has 1 aromatic rings. The molecule has 0 spiro atoms. The summed E-state index contributed by atoms with van der Waals surface area (Å²) in [5.41, 5.74) is 0.330. The average molecular weight is 366 g/mol. The van der Waals surface area contributed by atoms with Gasteiger partial charge in [0.25, 0.3) is 0 Å². The molecule has 2 amide bonds. The predicted octanol–water partition coefficient (Wildman–Crippen LogP) is 2.02. The van der Waals surface area contributed by atoms with Gasteiger partial charge in [-0.1, -0.05) is 6.07 Å². The van der Waals surface area contributed by atoms with Gasteiger partial charge in [-0.3, -0.25) is 9.59 Å². The Bertz CT molecular complexity index is 638. The van der Waals surface area contributed by atoms with Crippen molar-refractivity contribution in [2.75, 3.05) is 34.4 Å². The van der Waals surface area contributed by atoms with Gasteiger partial charge in [0.05, 0.1) is 34.3 Å². The number of hydrogen-bond acceptors (Lipinski definition) is 5. The van der Waals surface area contributed by atoms with Crippen LogP contribution in [0, 0.1) is 0 Å². The Labute approximate surface area is 155 Å². The van der Waals surface area contributed by atoms with Crippen LogP contribution in [0.5, 0.6) is 17.2 Å². The SMILES string of the molecule is CCN(CC(=O)NC(C)(C)C)C(=O)Cc1ccc(OC)c(OC)c1OC. The van der Waals surface area contributed by atoms with Crippen molar-refractivity contribution in [2.45, 2.75) is 39.7 Å². The first kappa shape index (κ1) is 21.6. The summed E-state index contributed by atoms with van der Waals surface area (Å²) in [4.78, 5) is 26.3. The summed E-state index contributed by atoms with van der Waals surface area (Å²) in [7, 11) is 4.57. The first-order valence-corrected chi connectivity index (χ1v) is 8.53. The molecular formula is C19H30N2O5. The van der Waals surface area contributed by atoms with Crippen molar-refractivity contribution in [1.29, 1.82) is 0 Å². The number of likely N-dealkylation sites (N-methyl/N-ethyl adjacent to an activating group) is 1. The lowest BCUT2D eigenvalue weighted by Gasteiger charge is -2.25. The zero-order valence-corrected chi connectivity index (χ0v) is 16.8. The first-order chi connectivity index (χ1) is 12.2. The molecule has 0 radical (unpaired) electrons. The van der Waals surface area contributed by atoms with Crippen LogP contribution in [-0.4, -0.2) is 56.7 Å². The molecule has 0 heterocycles. The van der Waals surface area contributed by atoms with Crippen molar-refractivity contribution in [3.8, 4) is 17.2 Å². The lowest BCUT2D eigenvalue weighted by Crippen LogP contribution is -2.47. The number of ether oxygens (including phenoxy) is 3. The van der Waals surface area contributed by atoms with E-state index in [-0.39, 0.29) is 30.3 Å². The highest BCUT2D eigenvalue weighted by Gasteiger charge is 2.22. The number of rotatable bonds is 8. The summed E-state index contributed by atoms with van der Waals surface area (Å²) in [5.74, 6) is 1.07. The van der Waals surface area contributed by atoms with Gasteiger partial charge in [0.2, 0.25) is 17.6 Å². The molecule has 1 aromatic carbocycles. The maximum absolute atomic E-state index is 12.7. The summed E-state index contributed by atoms with van der Waals surface area (Å²) < 4.78 is 16.0. The van der Waals surface area contributed by atoms with Crippen LogP contribution in [0.15, 0.2) is 12.1 Å². The number of nitrogens with one attached hydrogen (secondary N) is 1. The van der Waals surface area contributed by atoms with E-state index in [2.05, 4.69) is 5.32 Å². The van der Waals surface area contributed by atoms with Crippen molar-refractivity contribution in [3.05, 3.63) is 17.7 Å². The molecular weight excluding hydrogens is 336 g/mol. The van der Waals surface area contributed by atoms with Crippen LogP contribution in [-0.2, 0) is 16.0 Å². The molecule has 0 saturated heterocycles. The van der Waals surface area contributed by atoms with E-state index in [1.807, 2.05) is 27.7 Å². The van der Waals surface area contributed by atoms with Crippen molar-refractivity contribution >= 4 is 11.8 Å². The van der Waals surface area contributed by atoms with Crippen LogP contribution in [0.2, 0.25) is 0 Å². The summed E-state index contributed by atoms with van der Waals surface area (Å²) in [6.07, 6.45) is 0.0974. The number of benzene rings is 1. The van der Waals surface area contributed by atoms with Gasteiger partial charge in [0.15, 0.2) is 11.5 Å². The summed E-state index contributed by atoms with van der Waals surface area (Å²) >= 11 is 0. The third-order valence-corrected chi connectivity index (χ3v) is 3.71. The third kappa shape index (κ3) is 5.82. The standard InChI is InChI=1S/C19H30N2O5/c1-8-21(12-15(22)20-19(2,3)4)16(23)11-13-9-10-14(24-5)18(26-7)17(13)25-6/h9-10H,8,11-12H2,1-7H3,(H,20,22). The normalized spacial score (nSPS) is 10.9. The zero-order valence-electron chi connectivity index (χ0n) is 16.8. The molecule has 0 aromatic heterocycles. The molecule has 0 atom stereocenters. The molecule has 1 N–H and O–H groups in total. The van der Waals surface area contributed by atoms with Crippen molar-refractivity contribution in [1.82, 2.24) is 10.2 Å². The number of amides is 2. The third-order valence-electron chi connectivity index (χ3n) is 3.71. The monoisotopic (exact) mass is 366 g/mol. The second-order valence-corrected chi connectivity index (χ2v) is 6.88. The number of nitrogens with zero attached hydrogens (tertiary/aromatic N) is 1. The summed E-state index contributed by atoms with van der Waals surface area (Å²) in [5, 5.41) is 2.86. The van der Waals surface area contributed by atoms with Crippen LogP contribution in [0.4, 0.5) is 0 Å². The quantitative estimate of drug-likeness (QED) is 0.762. The Morgan fingerprint density at radius 2 is 1.65 bits per heavy atom. The molecule has 7 nitrogen and oxygen atoms in total. The fraction of sp³-hybridized carbons (Fsp3) is 0.579. The number of carbonyl (C=O) groups excluding carboxylic acids is 2. The van der Waals surface area contributed by atoms with Gasteiger partial charge >= 0.3 is 0 Å². The molecule has 0 aliphatic rings. The molecule has 146 valence electrons. The molecule has 0 aliphatic carbocycles. The molecule has 1 rings (SSSR count). The maximum Gasteiger partial charge on any atom is 0.240 e. The minimum Gasteiger partial charge on any atom is -0.493 e. The van der Waals surface area contributed by atoms with Crippen LogP contribution in [0.3, 0.4) is 0 Å². The van der Waals surface area contributed by atoms with Gasteiger partial charge in [0.1, 0.15) is 0 Å². The summed E-state index contributed by atoms with van der Waals surface area (Å²) in [6, 6.07) is 3.49. The number of methoxy groups -OCH3 is 3. The van der Waals surface area contributed by atoms with Gasteiger partial charge in [-0.25, -0.2) is 0 Å². The van der Waals surface area contributed by atoms with E-state index in [9.17, 15) is 9.59 Å². The highest BCUT2D eigenvalue weighted by Crippen LogP contribution is 2.40. The summed E-state index contributed by atoms with van der Waals surface area (Å²) in [6.45, 7) is 7.99. The average Bonchev–Trinajstić information content (AvgIpc) is 2.57. The van der Waals surface area contributed by atoms with E-state index in [0.29, 0.717) is 29.4 Å².